The van der Waals surface area contributed by atoms with E-state index in [1.54, 1.807) is 24.3 Å². The van der Waals surface area contributed by atoms with Gasteiger partial charge in [0.1, 0.15) is 15.8 Å². The Kier molecular flexibility index (Phi) is 3.91. The van der Waals surface area contributed by atoms with Crippen LogP contribution in [0.5, 0.6) is 0 Å². The van der Waals surface area contributed by atoms with Gasteiger partial charge in [-0.25, -0.2) is 8.42 Å². The number of para-hydroxylation sites is 1. The first-order valence-corrected chi connectivity index (χ1v) is 5.41. The maximum atomic E-state index is 10.5. The van der Waals surface area contributed by atoms with Crippen LogP contribution in [-0.2, 0) is 15.9 Å². The van der Waals surface area contributed by atoms with Crippen LogP contribution in [0.2, 0.25) is 0 Å². The van der Waals surface area contributed by atoms with Crippen LogP contribution < -0.4 is 29.6 Å². The van der Waals surface area contributed by atoms with Gasteiger partial charge in [0.15, 0.2) is 5.58 Å². The molecule has 0 fully saturated rings. The Balaban J connectivity index is 0.00000112. The zero-order valence-electron chi connectivity index (χ0n) is 8.00. The van der Waals surface area contributed by atoms with E-state index in [9.17, 15) is 13.0 Å². The molecule has 0 aliphatic carbocycles. The fourth-order valence-corrected chi connectivity index (χ4v) is 1.75. The maximum absolute atomic E-state index is 10.5. The van der Waals surface area contributed by atoms with E-state index >= 15 is 0 Å². The average Bonchev–Trinajstić information content (AvgIpc) is 2.47. The number of aromatic nitrogens is 1. The average molecular weight is 235 g/mol. The molecule has 0 N–H and O–H groups in total. The zero-order chi connectivity index (χ0) is 10.2. The SMILES string of the molecule is O=S(=O)([O-])Cc1noc2ccccc12.[Na+]. The van der Waals surface area contributed by atoms with Gasteiger partial charge in [0.25, 0.3) is 0 Å². The summed E-state index contributed by atoms with van der Waals surface area (Å²) in [5.41, 5.74) is 0.641. The first kappa shape index (κ1) is 12.7. The Labute approximate surface area is 108 Å². The van der Waals surface area contributed by atoms with Crippen molar-refractivity contribution in [2.24, 2.45) is 0 Å². The molecular formula is C8H6NNaO4S. The van der Waals surface area contributed by atoms with Gasteiger partial charge in [0.2, 0.25) is 0 Å². The largest absolute Gasteiger partial charge is 1.00 e. The predicted octanol–water partition coefficient (Wildman–Crippen LogP) is -2.12. The van der Waals surface area contributed by atoms with Crippen LogP contribution in [0, 0.1) is 0 Å². The Morgan fingerprint density at radius 2 is 2.00 bits per heavy atom. The maximum Gasteiger partial charge on any atom is 1.00 e. The molecule has 1 heterocycles. The Bertz CT molecular complexity index is 563. The second kappa shape index (κ2) is 4.63. The molecule has 0 amide bonds. The molecule has 1 aromatic heterocycles. The van der Waals surface area contributed by atoms with Crippen molar-refractivity contribution in [3.05, 3.63) is 30.0 Å². The minimum atomic E-state index is -4.31. The number of benzene rings is 1. The monoisotopic (exact) mass is 235 g/mol. The molecule has 0 radical (unpaired) electrons. The van der Waals surface area contributed by atoms with Crippen molar-refractivity contribution in [2.45, 2.75) is 5.75 Å². The van der Waals surface area contributed by atoms with Gasteiger partial charge in [-0.3, -0.25) is 0 Å². The molecule has 2 rings (SSSR count). The molecule has 0 unspecified atom stereocenters. The number of rotatable bonds is 2. The summed E-state index contributed by atoms with van der Waals surface area (Å²) in [7, 11) is -4.31. The Morgan fingerprint density at radius 3 is 2.67 bits per heavy atom. The minimum absolute atomic E-state index is 0. The van der Waals surface area contributed by atoms with Crippen molar-refractivity contribution in [3.63, 3.8) is 0 Å². The molecule has 0 atom stereocenters. The van der Waals surface area contributed by atoms with Crippen LogP contribution in [0.25, 0.3) is 11.0 Å². The molecule has 0 saturated carbocycles. The van der Waals surface area contributed by atoms with E-state index in [0.29, 0.717) is 11.0 Å². The zero-order valence-corrected chi connectivity index (χ0v) is 10.8. The normalized spacial score (nSPS) is 11.3. The number of hydrogen-bond acceptors (Lipinski definition) is 5. The topological polar surface area (TPSA) is 83.2 Å². The van der Waals surface area contributed by atoms with E-state index in [2.05, 4.69) is 5.16 Å². The molecule has 74 valence electrons. The number of fused-ring (bicyclic) bond motifs is 1. The minimum Gasteiger partial charge on any atom is -0.748 e. The quantitative estimate of drug-likeness (QED) is 0.439. The number of nitrogens with zero attached hydrogens (tertiary/aromatic N) is 1. The van der Waals surface area contributed by atoms with Crippen LogP contribution in [-0.4, -0.2) is 18.1 Å². The van der Waals surface area contributed by atoms with Gasteiger partial charge in [-0.15, -0.1) is 0 Å². The van der Waals surface area contributed by atoms with Crippen molar-refractivity contribution in [2.75, 3.05) is 0 Å². The molecule has 0 saturated heterocycles. The molecule has 0 aliphatic heterocycles. The van der Waals surface area contributed by atoms with Crippen molar-refractivity contribution >= 4 is 21.1 Å². The van der Waals surface area contributed by atoms with Gasteiger partial charge in [0.05, 0.1) is 5.75 Å². The third-order valence-corrected chi connectivity index (χ3v) is 2.39. The van der Waals surface area contributed by atoms with Gasteiger partial charge in [-0.2, -0.15) is 0 Å². The molecule has 0 bridgehead atoms. The van der Waals surface area contributed by atoms with E-state index in [1.807, 2.05) is 0 Å². The van der Waals surface area contributed by atoms with E-state index < -0.39 is 15.9 Å². The molecule has 7 heteroatoms. The van der Waals surface area contributed by atoms with Gasteiger partial charge in [-0.1, -0.05) is 17.3 Å². The summed E-state index contributed by atoms with van der Waals surface area (Å²) in [6.45, 7) is 0. The molecular weight excluding hydrogens is 229 g/mol. The first-order chi connectivity index (χ1) is 6.56. The Hall–Kier alpha value is -0.400. The molecule has 2 aromatic rings. The van der Waals surface area contributed by atoms with Crippen LogP contribution in [0.3, 0.4) is 0 Å². The van der Waals surface area contributed by atoms with Gasteiger partial charge in [0, 0.05) is 5.39 Å². The van der Waals surface area contributed by atoms with E-state index in [4.69, 9.17) is 4.52 Å². The third-order valence-electron chi connectivity index (χ3n) is 1.77. The van der Waals surface area contributed by atoms with Gasteiger partial charge in [-0.05, 0) is 12.1 Å². The van der Waals surface area contributed by atoms with Crippen LogP contribution in [0.15, 0.2) is 28.8 Å². The van der Waals surface area contributed by atoms with Crippen molar-refractivity contribution in [3.8, 4) is 0 Å². The van der Waals surface area contributed by atoms with Crippen LogP contribution >= 0.6 is 0 Å². The van der Waals surface area contributed by atoms with Crippen molar-refractivity contribution in [1.29, 1.82) is 0 Å². The smallest absolute Gasteiger partial charge is 0.748 e. The molecule has 1 aromatic carbocycles. The fraction of sp³-hybridized carbons (Fsp3) is 0.125. The first-order valence-electron chi connectivity index (χ1n) is 3.83. The van der Waals surface area contributed by atoms with E-state index in [-0.39, 0.29) is 35.3 Å². The van der Waals surface area contributed by atoms with E-state index in [0.717, 1.165) is 0 Å². The van der Waals surface area contributed by atoms with E-state index in [1.165, 1.54) is 0 Å². The molecule has 0 spiro atoms. The van der Waals surface area contributed by atoms with Gasteiger partial charge >= 0.3 is 29.6 Å². The molecule has 5 nitrogen and oxygen atoms in total. The number of hydrogen-bond donors (Lipinski definition) is 0. The summed E-state index contributed by atoms with van der Waals surface area (Å²) in [5.74, 6) is -0.635. The second-order valence-electron chi connectivity index (χ2n) is 2.83. The molecule has 15 heavy (non-hydrogen) atoms. The van der Waals surface area contributed by atoms with Gasteiger partial charge < -0.3 is 9.08 Å². The summed E-state index contributed by atoms with van der Waals surface area (Å²) < 4.78 is 36.4. The Morgan fingerprint density at radius 1 is 1.33 bits per heavy atom. The summed E-state index contributed by atoms with van der Waals surface area (Å²) >= 11 is 0. The third kappa shape index (κ3) is 3.02. The van der Waals surface area contributed by atoms with Crippen LogP contribution in [0.1, 0.15) is 5.69 Å². The summed E-state index contributed by atoms with van der Waals surface area (Å²) in [6.07, 6.45) is 0. The van der Waals surface area contributed by atoms with Crippen molar-refractivity contribution < 1.29 is 47.1 Å². The molecule has 0 aliphatic rings. The fourth-order valence-electron chi connectivity index (χ4n) is 1.21. The summed E-state index contributed by atoms with van der Waals surface area (Å²) in [4.78, 5) is 0. The van der Waals surface area contributed by atoms with Crippen molar-refractivity contribution in [1.82, 2.24) is 5.16 Å². The standard InChI is InChI=1S/C8H7NO4S.Na/c10-14(11,12)5-7-6-3-1-2-4-8(6)13-9-7;/h1-4H,5H2,(H,10,11,12);/q;+1/p-1. The van der Waals surface area contributed by atoms with Crippen LogP contribution in [0.4, 0.5) is 0 Å². The summed E-state index contributed by atoms with van der Waals surface area (Å²) in [5, 5.41) is 4.09. The second-order valence-corrected chi connectivity index (χ2v) is 4.23. The summed E-state index contributed by atoms with van der Waals surface area (Å²) in [6, 6.07) is 6.78. The predicted molar refractivity (Wildman–Crippen MR) is 47.4 cm³/mol.